The van der Waals surface area contributed by atoms with Crippen molar-refractivity contribution in [1.29, 1.82) is 0 Å². The number of pyridine rings is 1. The van der Waals surface area contributed by atoms with Crippen molar-refractivity contribution in [2.75, 3.05) is 6.54 Å². The molecule has 0 aliphatic heterocycles. The van der Waals surface area contributed by atoms with Crippen LogP contribution in [0.3, 0.4) is 0 Å². The summed E-state index contributed by atoms with van der Waals surface area (Å²) in [4.78, 5) is 12.7. The maximum atomic E-state index is 13.0. The Hall–Kier alpha value is -2.99. The first-order valence-electron chi connectivity index (χ1n) is 9.38. The molecule has 0 saturated heterocycles. The minimum atomic E-state index is -0.221. The SMILES string of the molecule is Cc1cc(C)c2cc(CNCCc3ccc(F)cc3)c3nn(C)c(=O)n3c2c1. The Labute approximate surface area is 162 Å². The number of hydrogen-bond donors (Lipinski definition) is 1. The van der Waals surface area contributed by atoms with E-state index in [9.17, 15) is 9.18 Å². The van der Waals surface area contributed by atoms with Gasteiger partial charge >= 0.3 is 5.69 Å². The van der Waals surface area contributed by atoms with Crippen molar-refractivity contribution in [1.82, 2.24) is 19.5 Å². The van der Waals surface area contributed by atoms with E-state index in [0.717, 1.165) is 46.1 Å². The molecule has 0 spiro atoms. The smallest absolute Gasteiger partial charge is 0.312 e. The number of fused-ring (bicyclic) bond motifs is 3. The molecule has 0 fully saturated rings. The second-order valence-electron chi connectivity index (χ2n) is 7.30. The predicted octanol–water partition coefficient (Wildman–Crippen LogP) is 3.27. The minimum absolute atomic E-state index is 0.141. The summed E-state index contributed by atoms with van der Waals surface area (Å²) in [6.07, 6.45) is 0.803. The maximum Gasteiger partial charge on any atom is 0.350 e. The molecule has 0 aliphatic carbocycles. The zero-order valence-electron chi connectivity index (χ0n) is 16.3. The van der Waals surface area contributed by atoms with Gasteiger partial charge in [-0.1, -0.05) is 18.2 Å². The molecule has 2 aromatic carbocycles. The van der Waals surface area contributed by atoms with E-state index in [2.05, 4.69) is 29.5 Å². The molecule has 0 amide bonds. The number of nitrogens with one attached hydrogen (secondary N) is 1. The molecule has 0 saturated carbocycles. The van der Waals surface area contributed by atoms with E-state index in [1.54, 1.807) is 23.6 Å². The van der Waals surface area contributed by atoms with Crippen LogP contribution in [-0.2, 0) is 20.0 Å². The monoisotopic (exact) mass is 378 g/mol. The number of halogens is 1. The molecule has 6 heteroatoms. The van der Waals surface area contributed by atoms with E-state index in [4.69, 9.17) is 0 Å². The van der Waals surface area contributed by atoms with Gasteiger partial charge in [0.2, 0.25) is 0 Å². The van der Waals surface area contributed by atoms with Gasteiger partial charge in [-0.3, -0.25) is 0 Å². The number of aromatic nitrogens is 3. The van der Waals surface area contributed by atoms with E-state index in [-0.39, 0.29) is 11.5 Å². The zero-order chi connectivity index (χ0) is 19.8. The van der Waals surface area contributed by atoms with Crippen LogP contribution in [0.4, 0.5) is 4.39 Å². The van der Waals surface area contributed by atoms with Gasteiger partial charge in [0.15, 0.2) is 5.65 Å². The Morgan fingerprint density at radius 3 is 2.61 bits per heavy atom. The molecule has 2 aromatic heterocycles. The van der Waals surface area contributed by atoms with Crippen LogP contribution >= 0.6 is 0 Å². The van der Waals surface area contributed by atoms with Crippen LogP contribution in [0.5, 0.6) is 0 Å². The lowest BCUT2D eigenvalue weighted by Crippen LogP contribution is -2.20. The highest BCUT2D eigenvalue weighted by molar-refractivity contribution is 5.87. The van der Waals surface area contributed by atoms with Gasteiger partial charge in [-0.15, -0.1) is 5.10 Å². The number of rotatable bonds is 5. The van der Waals surface area contributed by atoms with Crippen LogP contribution in [0, 0.1) is 19.7 Å². The first-order valence-corrected chi connectivity index (χ1v) is 9.38. The minimum Gasteiger partial charge on any atom is -0.312 e. The van der Waals surface area contributed by atoms with E-state index >= 15 is 0 Å². The highest BCUT2D eigenvalue weighted by Gasteiger charge is 2.14. The summed E-state index contributed by atoms with van der Waals surface area (Å²) < 4.78 is 16.1. The van der Waals surface area contributed by atoms with Crippen molar-refractivity contribution in [2.24, 2.45) is 7.05 Å². The van der Waals surface area contributed by atoms with Crippen molar-refractivity contribution >= 4 is 16.6 Å². The molecule has 1 N–H and O–H groups in total. The Morgan fingerprint density at radius 1 is 1.11 bits per heavy atom. The second kappa shape index (κ2) is 7.20. The third-order valence-electron chi connectivity index (χ3n) is 5.10. The molecule has 0 bridgehead atoms. The average Bonchev–Trinajstić information content (AvgIpc) is 2.96. The van der Waals surface area contributed by atoms with Gasteiger partial charge < -0.3 is 5.32 Å². The van der Waals surface area contributed by atoms with Gasteiger partial charge in [0.25, 0.3) is 0 Å². The lowest BCUT2D eigenvalue weighted by Gasteiger charge is -2.11. The molecule has 4 aromatic rings. The van der Waals surface area contributed by atoms with Gasteiger partial charge in [-0.25, -0.2) is 18.3 Å². The Morgan fingerprint density at radius 2 is 1.86 bits per heavy atom. The van der Waals surface area contributed by atoms with E-state index in [1.165, 1.54) is 16.8 Å². The van der Waals surface area contributed by atoms with Crippen molar-refractivity contribution in [3.8, 4) is 0 Å². The fourth-order valence-corrected chi connectivity index (χ4v) is 3.69. The van der Waals surface area contributed by atoms with E-state index in [1.807, 2.05) is 13.0 Å². The number of aryl methyl sites for hydroxylation is 3. The molecule has 5 nitrogen and oxygen atoms in total. The van der Waals surface area contributed by atoms with Crippen LogP contribution < -0.4 is 11.0 Å². The summed E-state index contributed by atoms with van der Waals surface area (Å²) in [5.41, 5.74) is 5.75. The quantitative estimate of drug-likeness (QED) is 0.542. The fourth-order valence-electron chi connectivity index (χ4n) is 3.69. The summed E-state index contributed by atoms with van der Waals surface area (Å²) in [5, 5.41) is 8.94. The topological polar surface area (TPSA) is 51.3 Å². The molecular formula is C22H23FN4O. The first-order chi connectivity index (χ1) is 13.4. The fraction of sp³-hybridized carbons (Fsp3) is 0.273. The summed E-state index contributed by atoms with van der Waals surface area (Å²) in [6, 6.07) is 12.8. The maximum absolute atomic E-state index is 13.0. The van der Waals surface area contributed by atoms with Crippen molar-refractivity contribution in [3.63, 3.8) is 0 Å². The summed E-state index contributed by atoms with van der Waals surface area (Å²) in [6.45, 7) is 5.45. The van der Waals surface area contributed by atoms with Gasteiger partial charge in [0.05, 0.1) is 5.52 Å². The second-order valence-corrected chi connectivity index (χ2v) is 7.30. The van der Waals surface area contributed by atoms with Gasteiger partial charge in [0.1, 0.15) is 5.82 Å². The Bertz CT molecular complexity index is 1220. The van der Waals surface area contributed by atoms with Crippen molar-refractivity contribution in [2.45, 2.75) is 26.8 Å². The summed E-state index contributed by atoms with van der Waals surface area (Å²) >= 11 is 0. The van der Waals surface area contributed by atoms with Gasteiger partial charge in [0, 0.05) is 24.5 Å². The lowest BCUT2D eigenvalue weighted by molar-refractivity contribution is 0.626. The van der Waals surface area contributed by atoms with Gasteiger partial charge in [-0.2, -0.15) is 0 Å². The normalized spacial score (nSPS) is 11.6. The molecule has 0 aliphatic rings. The highest BCUT2D eigenvalue weighted by Crippen LogP contribution is 2.23. The Balaban J connectivity index is 1.65. The number of hydrogen-bond acceptors (Lipinski definition) is 3. The average molecular weight is 378 g/mol. The van der Waals surface area contributed by atoms with Gasteiger partial charge in [-0.05, 0) is 67.8 Å². The van der Waals surface area contributed by atoms with Crippen LogP contribution in [0.1, 0.15) is 22.3 Å². The van der Waals surface area contributed by atoms with E-state index in [0.29, 0.717) is 12.2 Å². The first kappa shape index (κ1) is 18.4. The zero-order valence-corrected chi connectivity index (χ0v) is 16.3. The highest BCUT2D eigenvalue weighted by atomic mass is 19.1. The van der Waals surface area contributed by atoms with E-state index < -0.39 is 0 Å². The molecule has 2 heterocycles. The number of nitrogens with zero attached hydrogens (tertiary/aromatic N) is 3. The van der Waals surface area contributed by atoms with Crippen LogP contribution in [0.25, 0.3) is 16.6 Å². The third-order valence-corrected chi connectivity index (χ3v) is 5.10. The molecule has 0 radical (unpaired) electrons. The van der Waals surface area contributed by atoms with Crippen LogP contribution in [-0.4, -0.2) is 20.7 Å². The molecule has 0 atom stereocenters. The molecular weight excluding hydrogens is 355 g/mol. The third kappa shape index (κ3) is 3.31. The molecule has 4 rings (SSSR count). The summed E-state index contributed by atoms with van der Waals surface area (Å²) in [7, 11) is 1.68. The number of benzene rings is 2. The van der Waals surface area contributed by atoms with Crippen LogP contribution in [0.2, 0.25) is 0 Å². The van der Waals surface area contributed by atoms with Crippen molar-refractivity contribution < 1.29 is 4.39 Å². The molecule has 0 unspecified atom stereocenters. The largest absolute Gasteiger partial charge is 0.350 e. The van der Waals surface area contributed by atoms with Crippen molar-refractivity contribution in [3.05, 3.63) is 81.0 Å². The molecule has 28 heavy (non-hydrogen) atoms. The standard InChI is InChI=1S/C22H23FN4O/c1-14-10-15(2)19-12-17(13-24-9-8-16-4-6-18(23)7-5-16)21-25-26(3)22(28)27(21)20(19)11-14/h4-7,10-12,24H,8-9,13H2,1-3H3. The summed E-state index contributed by atoms with van der Waals surface area (Å²) in [5.74, 6) is -0.221. The Kier molecular flexibility index (Phi) is 4.73. The van der Waals surface area contributed by atoms with Crippen LogP contribution in [0.15, 0.2) is 47.3 Å². The lowest BCUT2D eigenvalue weighted by atomic mass is 10.0. The predicted molar refractivity (Wildman–Crippen MR) is 109 cm³/mol. The molecule has 144 valence electrons.